The van der Waals surface area contributed by atoms with Crippen LogP contribution in [0, 0.1) is 11.8 Å². The first-order chi connectivity index (χ1) is 9.76. The van der Waals surface area contributed by atoms with Gasteiger partial charge in [0.15, 0.2) is 0 Å². The van der Waals surface area contributed by atoms with E-state index < -0.39 is 0 Å². The number of fused-ring (bicyclic) bond motifs is 1. The van der Waals surface area contributed by atoms with E-state index >= 15 is 0 Å². The van der Waals surface area contributed by atoms with Crippen LogP contribution in [0.15, 0.2) is 18.2 Å². The lowest BCUT2D eigenvalue weighted by Gasteiger charge is -2.28. The van der Waals surface area contributed by atoms with E-state index in [-0.39, 0.29) is 0 Å². The molecular formula is C19H26O. The van der Waals surface area contributed by atoms with E-state index in [2.05, 4.69) is 25.1 Å². The highest BCUT2D eigenvalue weighted by molar-refractivity contribution is 5.82. The first-order valence-electron chi connectivity index (χ1n) is 8.39. The third-order valence-corrected chi connectivity index (χ3v) is 5.21. The Morgan fingerprint density at radius 1 is 1.15 bits per heavy atom. The van der Waals surface area contributed by atoms with Gasteiger partial charge in [-0.15, -0.1) is 0 Å². The van der Waals surface area contributed by atoms with Crippen molar-refractivity contribution in [2.75, 3.05) is 0 Å². The predicted molar refractivity (Wildman–Crippen MR) is 82.9 cm³/mol. The number of hydrogen-bond donors (Lipinski definition) is 0. The second kappa shape index (κ2) is 6.11. The molecule has 0 saturated heterocycles. The van der Waals surface area contributed by atoms with Gasteiger partial charge in [0.05, 0.1) is 0 Å². The van der Waals surface area contributed by atoms with Crippen molar-refractivity contribution in [3.8, 4) is 0 Å². The van der Waals surface area contributed by atoms with Crippen LogP contribution in [0.5, 0.6) is 0 Å². The molecule has 1 nitrogen and oxygen atoms in total. The van der Waals surface area contributed by atoms with Crippen molar-refractivity contribution in [2.24, 2.45) is 11.8 Å². The van der Waals surface area contributed by atoms with Gasteiger partial charge in [0.25, 0.3) is 0 Å². The standard InChI is InChI=1S/C19H26O/c1-2-4-14-8-10-19(20)18(11-14)13-15-7-9-16-5-3-6-17(16)12-15/h7,9,12,14,18H,2-6,8,10-11,13H2,1H3. The van der Waals surface area contributed by atoms with Crippen LogP contribution in [0.1, 0.15) is 62.1 Å². The summed E-state index contributed by atoms with van der Waals surface area (Å²) in [6.07, 6.45) is 10.4. The Balaban J connectivity index is 1.68. The summed E-state index contributed by atoms with van der Waals surface area (Å²) in [6, 6.07) is 6.94. The van der Waals surface area contributed by atoms with Gasteiger partial charge in [0, 0.05) is 12.3 Å². The number of benzene rings is 1. The molecule has 2 unspecified atom stereocenters. The van der Waals surface area contributed by atoms with E-state index in [1.165, 1.54) is 48.8 Å². The number of carbonyl (C=O) groups excluding carboxylic acids is 1. The zero-order valence-electron chi connectivity index (χ0n) is 12.7. The van der Waals surface area contributed by atoms with Crippen molar-refractivity contribution in [2.45, 2.75) is 64.7 Å². The van der Waals surface area contributed by atoms with E-state index in [0.29, 0.717) is 11.7 Å². The number of aryl methyl sites for hydroxylation is 2. The third kappa shape index (κ3) is 2.97. The molecule has 0 bridgehead atoms. The maximum atomic E-state index is 12.2. The summed E-state index contributed by atoms with van der Waals surface area (Å²) in [5.41, 5.74) is 4.46. The van der Waals surface area contributed by atoms with Crippen molar-refractivity contribution in [3.05, 3.63) is 34.9 Å². The summed E-state index contributed by atoms with van der Waals surface area (Å²) in [7, 11) is 0. The van der Waals surface area contributed by atoms with Crippen LogP contribution < -0.4 is 0 Å². The van der Waals surface area contributed by atoms with Gasteiger partial charge < -0.3 is 0 Å². The van der Waals surface area contributed by atoms with E-state index in [1.807, 2.05) is 0 Å². The van der Waals surface area contributed by atoms with E-state index in [9.17, 15) is 4.79 Å². The topological polar surface area (TPSA) is 17.1 Å². The molecule has 0 N–H and O–H groups in total. The van der Waals surface area contributed by atoms with Crippen molar-refractivity contribution < 1.29 is 4.79 Å². The molecule has 1 heteroatoms. The number of rotatable bonds is 4. The minimum absolute atomic E-state index is 0.291. The minimum atomic E-state index is 0.291. The zero-order chi connectivity index (χ0) is 13.9. The summed E-state index contributed by atoms with van der Waals surface area (Å²) in [5.74, 6) is 1.59. The van der Waals surface area contributed by atoms with Crippen LogP contribution in [-0.4, -0.2) is 5.78 Å². The minimum Gasteiger partial charge on any atom is -0.299 e. The fraction of sp³-hybridized carbons (Fsp3) is 0.632. The summed E-state index contributed by atoms with van der Waals surface area (Å²) < 4.78 is 0. The SMILES string of the molecule is CCCC1CCC(=O)C(Cc2ccc3c(c2)CCC3)C1. The Bertz CT molecular complexity index is 489. The second-order valence-corrected chi connectivity index (χ2v) is 6.75. The van der Waals surface area contributed by atoms with E-state index in [4.69, 9.17) is 0 Å². The predicted octanol–water partition coefficient (Wildman–Crippen LogP) is 4.50. The molecule has 0 heterocycles. The molecule has 0 spiro atoms. The summed E-state index contributed by atoms with van der Waals surface area (Å²) in [6.45, 7) is 2.26. The van der Waals surface area contributed by atoms with Crippen LogP contribution in [0.3, 0.4) is 0 Å². The lowest BCUT2D eigenvalue weighted by molar-refractivity contribution is -0.125. The smallest absolute Gasteiger partial charge is 0.136 e. The Labute approximate surface area is 122 Å². The van der Waals surface area contributed by atoms with Crippen molar-refractivity contribution in [1.29, 1.82) is 0 Å². The Hall–Kier alpha value is -1.11. The molecule has 2 aliphatic carbocycles. The maximum Gasteiger partial charge on any atom is 0.136 e. The number of Topliss-reactive ketones (excluding diaryl/α,β-unsaturated/α-hetero) is 1. The Kier molecular flexibility index (Phi) is 4.24. The Morgan fingerprint density at radius 3 is 2.85 bits per heavy atom. The molecule has 1 aromatic carbocycles. The lowest BCUT2D eigenvalue weighted by Crippen LogP contribution is -2.26. The molecule has 1 aromatic rings. The van der Waals surface area contributed by atoms with Gasteiger partial charge in [0.2, 0.25) is 0 Å². The molecule has 0 aromatic heterocycles. The van der Waals surface area contributed by atoms with Crippen molar-refractivity contribution >= 4 is 5.78 Å². The van der Waals surface area contributed by atoms with Crippen LogP contribution in [0.2, 0.25) is 0 Å². The molecule has 1 fully saturated rings. The number of carbonyl (C=O) groups is 1. The molecule has 0 amide bonds. The first-order valence-corrected chi connectivity index (χ1v) is 8.39. The van der Waals surface area contributed by atoms with Gasteiger partial charge in [-0.25, -0.2) is 0 Å². The highest BCUT2D eigenvalue weighted by Gasteiger charge is 2.28. The fourth-order valence-corrected chi connectivity index (χ4v) is 4.11. The first kappa shape index (κ1) is 13.9. The van der Waals surface area contributed by atoms with Gasteiger partial charge in [0.1, 0.15) is 5.78 Å². The normalized spacial score (nSPS) is 25.8. The summed E-state index contributed by atoms with van der Waals surface area (Å²) >= 11 is 0. The molecule has 20 heavy (non-hydrogen) atoms. The molecule has 3 rings (SSSR count). The van der Waals surface area contributed by atoms with E-state index in [1.54, 1.807) is 0 Å². The molecule has 2 aliphatic rings. The largest absolute Gasteiger partial charge is 0.299 e. The number of ketones is 1. The summed E-state index contributed by atoms with van der Waals surface area (Å²) in [4.78, 5) is 12.2. The average Bonchev–Trinajstić information content (AvgIpc) is 2.90. The number of hydrogen-bond acceptors (Lipinski definition) is 1. The molecule has 108 valence electrons. The molecular weight excluding hydrogens is 244 g/mol. The average molecular weight is 270 g/mol. The Morgan fingerprint density at radius 2 is 2.00 bits per heavy atom. The highest BCUT2D eigenvalue weighted by atomic mass is 16.1. The molecule has 1 saturated carbocycles. The quantitative estimate of drug-likeness (QED) is 0.787. The monoisotopic (exact) mass is 270 g/mol. The van der Waals surface area contributed by atoms with Gasteiger partial charge >= 0.3 is 0 Å². The van der Waals surface area contributed by atoms with Gasteiger partial charge in [-0.2, -0.15) is 0 Å². The van der Waals surface area contributed by atoms with Crippen LogP contribution in [-0.2, 0) is 24.1 Å². The molecule has 2 atom stereocenters. The summed E-state index contributed by atoms with van der Waals surface area (Å²) in [5, 5.41) is 0. The van der Waals surface area contributed by atoms with Crippen LogP contribution in [0.4, 0.5) is 0 Å². The zero-order valence-corrected chi connectivity index (χ0v) is 12.7. The van der Waals surface area contributed by atoms with Gasteiger partial charge in [-0.3, -0.25) is 4.79 Å². The fourth-order valence-electron chi connectivity index (χ4n) is 4.11. The highest BCUT2D eigenvalue weighted by Crippen LogP contribution is 2.32. The van der Waals surface area contributed by atoms with Crippen LogP contribution >= 0.6 is 0 Å². The molecule has 0 aliphatic heterocycles. The van der Waals surface area contributed by atoms with Gasteiger partial charge in [-0.1, -0.05) is 38.0 Å². The molecule has 0 radical (unpaired) electrons. The second-order valence-electron chi connectivity index (χ2n) is 6.75. The van der Waals surface area contributed by atoms with E-state index in [0.717, 1.165) is 31.6 Å². The van der Waals surface area contributed by atoms with Crippen molar-refractivity contribution in [3.63, 3.8) is 0 Å². The van der Waals surface area contributed by atoms with Crippen LogP contribution in [0.25, 0.3) is 0 Å². The van der Waals surface area contributed by atoms with Crippen molar-refractivity contribution in [1.82, 2.24) is 0 Å². The third-order valence-electron chi connectivity index (χ3n) is 5.21. The maximum absolute atomic E-state index is 12.2. The van der Waals surface area contributed by atoms with Gasteiger partial charge in [-0.05, 0) is 61.1 Å². The lowest BCUT2D eigenvalue weighted by atomic mass is 9.76.